The molecule has 0 radical (unpaired) electrons. The summed E-state index contributed by atoms with van der Waals surface area (Å²) in [5.74, 6) is -0.634. The van der Waals surface area contributed by atoms with Gasteiger partial charge in [0.1, 0.15) is 11.6 Å². The van der Waals surface area contributed by atoms with E-state index < -0.39 is 11.6 Å². The Morgan fingerprint density at radius 1 is 1.21 bits per heavy atom. The third-order valence-electron chi connectivity index (χ3n) is 4.62. The van der Waals surface area contributed by atoms with E-state index in [4.69, 9.17) is 0 Å². The van der Waals surface area contributed by atoms with Gasteiger partial charge in [-0.15, -0.1) is 0 Å². The van der Waals surface area contributed by atoms with Crippen molar-refractivity contribution in [2.75, 3.05) is 0 Å². The summed E-state index contributed by atoms with van der Waals surface area (Å²) in [7, 11) is 0. The molecule has 3 rings (SSSR count). The fourth-order valence-corrected chi connectivity index (χ4v) is 3.53. The molecule has 0 amide bonds. The van der Waals surface area contributed by atoms with E-state index in [1.165, 1.54) is 25.3 Å². The van der Waals surface area contributed by atoms with E-state index >= 15 is 0 Å². The Morgan fingerprint density at radius 2 is 2.00 bits per heavy atom. The molecule has 1 fully saturated rings. The van der Waals surface area contributed by atoms with Crippen LogP contribution in [0.25, 0.3) is 10.9 Å². The van der Waals surface area contributed by atoms with Crippen molar-refractivity contribution >= 4 is 10.9 Å². The van der Waals surface area contributed by atoms with E-state index in [1.54, 1.807) is 0 Å². The molecule has 1 atom stereocenters. The highest BCUT2D eigenvalue weighted by molar-refractivity contribution is 5.84. The highest BCUT2D eigenvalue weighted by Gasteiger charge is 2.34. The number of fused-ring (bicyclic) bond motifs is 1. The van der Waals surface area contributed by atoms with Crippen molar-refractivity contribution in [2.45, 2.75) is 45.4 Å². The molecule has 1 aromatic heterocycles. The molecule has 1 N–H and O–H groups in total. The van der Waals surface area contributed by atoms with Crippen molar-refractivity contribution in [2.24, 2.45) is 5.41 Å². The van der Waals surface area contributed by atoms with Gasteiger partial charge in [-0.1, -0.05) is 26.7 Å². The molecule has 102 valence electrons. The lowest BCUT2D eigenvalue weighted by Crippen LogP contribution is -2.25. The first-order valence-electron chi connectivity index (χ1n) is 6.95. The van der Waals surface area contributed by atoms with E-state index in [1.807, 2.05) is 6.20 Å². The van der Waals surface area contributed by atoms with Crippen molar-refractivity contribution in [3.63, 3.8) is 0 Å². The van der Waals surface area contributed by atoms with Crippen molar-refractivity contribution in [1.29, 1.82) is 0 Å². The molecule has 0 aliphatic heterocycles. The van der Waals surface area contributed by atoms with Crippen molar-refractivity contribution < 1.29 is 8.78 Å². The molecule has 0 bridgehead atoms. The Labute approximate surface area is 112 Å². The number of rotatable bonds is 1. The molecule has 3 heteroatoms. The van der Waals surface area contributed by atoms with Gasteiger partial charge in [-0.2, -0.15) is 0 Å². The summed E-state index contributed by atoms with van der Waals surface area (Å²) in [6.45, 7) is 4.51. The predicted octanol–water partition coefficient (Wildman–Crippen LogP) is 5.13. The van der Waals surface area contributed by atoms with Gasteiger partial charge < -0.3 is 4.98 Å². The summed E-state index contributed by atoms with van der Waals surface area (Å²) in [6.07, 6.45) is 6.57. The predicted molar refractivity (Wildman–Crippen MR) is 73.2 cm³/mol. The zero-order valence-electron chi connectivity index (χ0n) is 11.4. The topological polar surface area (TPSA) is 15.8 Å². The average Bonchev–Trinajstić information content (AvgIpc) is 2.72. The van der Waals surface area contributed by atoms with Crippen molar-refractivity contribution in [3.05, 3.63) is 35.5 Å². The molecule has 1 unspecified atom stereocenters. The minimum absolute atomic E-state index is 0.191. The molecular formula is C16H19F2N. The Morgan fingerprint density at radius 3 is 2.74 bits per heavy atom. The number of aromatic amines is 1. The molecule has 1 aliphatic carbocycles. The molecular weight excluding hydrogens is 244 g/mol. The van der Waals surface area contributed by atoms with Crippen LogP contribution < -0.4 is 0 Å². The van der Waals surface area contributed by atoms with Crippen LogP contribution in [0.4, 0.5) is 8.78 Å². The summed E-state index contributed by atoms with van der Waals surface area (Å²) < 4.78 is 27.2. The quantitative estimate of drug-likeness (QED) is 0.734. The molecule has 1 saturated carbocycles. The molecule has 1 nitrogen and oxygen atoms in total. The second-order valence-corrected chi connectivity index (χ2v) is 6.34. The third-order valence-corrected chi connectivity index (χ3v) is 4.62. The molecule has 0 saturated heterocycles. The first kappa shape index (κ1) is 12.6. The van der Waals surface area contributed by atoms with Gasteiger partial charge in [0.25, 0.3) is 0 Å². The van der Waals surface area contributed by atoms with Crippen LogP contribution in [-0.2, 0) is 0 Å². The van der Waals surface area contributed by atoms with Crippen LogP contribution in [0.1, 0.15) is 51.0 Å². The zero-order chi connectivity index (χ0) is 13.6. The summed E-state index contributed by atoms with van der Waals surface area (Å²) in [5.41, 5.74) is 1.69. The molecule has 2 aromatic rings. The molecule has 1 aliphatic rings. The van der Waals surface area contributed by atoms with Gasteiger partial charge in [-0.25, -0.2) is 8.78 Å². The summed E-state index contributed by atoms with van der Waals surface area (Å²) >= 11 is 0. The Balaban J connectivity index is 2.15. The second kappa shape index (κ2) is 4.32. The molecule has 1 aromatic carbocycles. The summed E-state index contributed by atoms with van der Waals surface area (Å²) in [4.78, 5) is 2.98. The van der Waals surface area contributed by atoms with Gasteiger partial charge in [0, 0.05) is 17.6 Å². The number of hydrogen-bond donors (Lipinski definition) is 1. The van der Waals surface area contributed by atoms with Crippen LogP contribution in [0.15, 0.2) is 18.3 Å². The maximum absolute atomic E-state index is 13.7. The van der Waals surface area contributed by atoms with Gasteiger partial charge in [0.15, 0.2) is 0 Å². The lowest BCUT2D eigenvalue weighted by molar-refractivity contribution is 0.201. The third kappa shape index (κ3) is 2.05. The van der Waals surface area contributed by atoms with Crippen LogP contribution in [0.3, 0.4) is 0 Å². The summed E-state index contributed by atoms with van der Waals surface area (Å²) in [5, 5.41) is 0.706. The normalized spacial score (nSPS) is 22.8. The van der Waals surface area contributed by atoms with E-state index in [9.17, 15) is 8.78 Å². The maximum atomic E-state index is 13.7. The van der Waals surface area contributed by atoms with Crippen LogP contribution in [0.5, 0.6) is 0 Å². The first-order chi connectivity index (χ1) is 8.99. The SMILES string of the molecule is CC1(C)CCCCC1c1c[nH]c2c(F)cc(F)cc12. The molecule has 1 heterocycles. The number of benzene rings is 1. The number of nitrogens with one attached hydrogen (secondary N) is 1. The lowest BCUT2D eigenvalue weighted by atomic mass is 9.66. The number of aromatic nitrogens is 1. The van der Waals surface area contributed by atoms with E-state index in [0.717, 1.165) is 18.1 Å². The number of H-pyrrole nitrogens is 1. The zero-order valence-corrected chi connectivity index (χ0v) is 11.4. The van der Waals surface area contributed by atoms with Crippen molar-refractivity contribution in [3.8, 4) is 0 Å². The van der Waals surface area contributed by atoms with E-state index in [0.29, 0.717) is 16.8 Å². The lowest BCUT2D eigenvalue weighted by Gasteiger charge is -2.38. The van der Waals surface area contributed by atoms with E-state index in [-0.39, 0.29) is 5.41 Å². The standard InChI is InChI=1S/C16H19F2N/c1-16(2)6-4-3-5-13(16)12-9-19-15-11(12)7-10(17)8-14(15)18/h7-9,13,19H,3-6H2,1-2H3. The highest BCUT2D eigenvalue weighted by atomic mass is 19.1. The highest BCUT2D eigenvalue weighted by Crippen LogP contribution is 2.48. The smallest absolute Gasteiger partial charge is 0.150 e. The molecule has 0 spiro atoms. The Hall–Kier alpha value is -1.38. The van der Waals surface area contributed by atoms with Gasteiger partial charge >= 0.3 is 0 Å². The fraction of sp³-hybridized carbons (Fsp3) is 0.500. The number of halogens is 2. The van der Waals surface area contributed by atoms with Crippen LogP contribution in [0, 0.1) is 17.0 Å². The summed E-state index contributed by atoms with van der Waals surface area (Å²) in [6, 6.07) is 2.39. The van der Waals surface area contributed by atoms with Gasteiger partial charge in [-0.05, 0) is 35.8 Å². The van der Waals surface area contributed by atoms with Gasteiger partial charge in [0.2, 0.25) is 0 Å². The first-order valence-corrected chi connectivity index (χ1v) is 6.95. The minimum atomic E-state index is -0.505. The molecule has 19 heavy (non-hydrogen) atoms. The van der Waals surface area contributed by atoms with Crippen LogP contribution in [0.2, 0.25) is 0 Å². The Bertz CT molecular complexity index is 612. The Kier molecular flexibility index (Phi) is 2.88. The van der Waals surface area contributed by atoms with Crippen LogP contribution in [-0.4, -0.2) is 4.98 Å². The van der Waals surface area contributed by atoms with Crippen LogP contribution >= 0.6 is 0 Å². The van der Waals surface area contributed by atoms with Gasteiger partial charge in [-0.3, -0.25) is 0 Å². The average molecular weight is 263 g/mol. The maximum Gasteiger partial charge on any atom is 0.150 e. The largest absolute Gasteiger partial charge is 0.359 e. The fourth-order valence-electron chi connectivity index (χ4n) is 3.53. The van der Waals surface area contributed by atoms with Gasteiger partial charge in [0.05, 0.1) is 5.52 Å². The van der Waals surface area contributed by atoms with Crippen molar-refractivity contribution in [1.82, 2.24) is 4.98 Å². The monoisotopic (exact) mass is 263 g/mol. The van der Waals surface area contributed by atoms with E-state index in [2.05, 4.69) is 18.8 Å². The minimum Gasteiger partial charge on any atom is -0.359 e. The number of hydrogen-bond acceptors (Lipinski definition) is 0. The second-order valence-electron chi connectivity index (χ2n) is 6.34.